The van der Waals surface area contributed by atoms with Gasteiger partial charge in [0.05, 0.1) is 6.42 Å². The van der Waals surface area contributed by atoms with Crippen LogP contribution in [0.5, 0.6) is 5.75 Å². The Morgan fingerprint density at radius 3 is 2.61 bits per heavy atom. The first-order valence-electron chi connectivity index (χ1n) is 7.67. The van der Waals surface area contributed by atoms with E-state index in [1.807, 2.05) is 32.9 Å². The van der Waals surface area contributed by atoms with Crippen molar-refractivity contribution in [3.63, 3.8) is 0 Å². The van der Waals surface area contributed by atoms with E-state index in [2.05, 4.69) is 0 Å². The van der Waals surface area contributed by atoms with Crippen LogP contribution in [-0.2, 0) is 9.59 Å². The van der Waals surface area contributed by atoms with Crippen molar-refractivity contribution in [1.29, 1.82) is 5.41 Å². The second-order valence-corrected chi connectivity index (χ2v) is 6.22. The summed E-state index contributed by atoms with van der Waals surface area (Å²) in [7, 11) is 0. The summed E-state index contributed by atoms with van der Waals surface area (Å²) in [5.41, 5.74) is 8.46. The maximum absolute atomic E-state index is 11.8. The van der Waals surface area contributed by atoms with Crippen LogP contribution in [0.15, 0.2) is 23.8 Å². The van der Waals surface area contributed by atoms with Crippen LogP contribution in [-0.4, -0.2) is 17.5 Å². The second-order valence-electron chi connectivity index (χ2n) is 6.22. The fourth-order valence-electron chi connectivity index (χ4n) is 2.85. The molecule has 3 N–H and O–H groups in total. The summed E-state index contributed by atoms with van der Waals surface area (Å²) < 4.78 is 5.42. The number of allylic oxidation sites excluding steroid dienone is 1. The number of hydrogen-bond donors (Lipinski definition) is 2. The Kier molecular flexibility index (Phi) is 4.68. The molecule has 1 unspecified atom stereocenters. The molecule has 1 aromatic rings. The molecule has 1 aliphatic heterocycles. The van der Waals surface area contributed by atoms with Gasteiger partial charge in [0, 0.05) is 23.8 Å². The first-order chi connectivity index (χ1) is 10.7. The maximum Gasteiger partial charge on any atom is 0.311 e. The molecule has 1 aliphatic rings. The van der Waals surface area contributed by atoms with Crippen molar-refractivity contribution >= 4 is 23.2 Å². The van der Waals surface area contributed by atoms with Crippen LogP contribution in [0.1, 0.15) is 51.2 Å². The van der Waals surface area contributed by atoms with Crippen molar-refractivity contribution in [2.24, 2.45) is 11.7 Å². The topological polar surface area (TPSA) is 93.2 Å². The highest BCUT2D eigenvalue weighted by atomic mass is 16.5. The van der Waals surface area contributed by atoms with Gasteiger partial charge in [0.25, 0.3) is 0 Å². The Hall–Kier alpha value is -2.43. The number of ether oxygens (including phenoxy) is 1. The molecule has 0 saturated carbocycles. The minimum atomic E-state index is -0.341. The molecule has 0 radical (unpaired) electrons. The first-order valence-corrected chi connectivity index (χ1v) is 7.67. The normalized spacial score (nSPS) is 18.1. The van der Waals surface area contributed by atoms with E-state index in [1.54, 1.807) is 6.07 Å². The summed E-state index contributed by atoms with van der Waals surface area (Å²) in [4.78, 5) is 23.4. The Bertz CT molecular complexity index is 717. The molecule has 0 fully saturated rings. The molecule has 0 aliphatic carbocycles. The molecule has 122 valence electrons. The summed E-state index contributed by atoms with van der Waals surface area (Å²) in [6, 6.07) is 5.52. The van der Waals surface area contributed by atoms with Crippen LogP contribution in [0.4, 0.5) is 0 Å². The monoisotopic (exact) mass is 314 g/mol. The fraction of sp³-hybridized carbons (Fsp3) is 0.389. The number of fused-ring (bicyclic) bond motifs is 1. The number of hydrogen-bond acceptors (Lipinski definition) is 5. The highest BCUT2D eigenvalue weighted by Gasteiger charge is 2.28. The minimum Gasteiger partial charge on any atom is -0.425 e. The molecule has 0 amide bonds. The highest BCUT2D eigenvalue weighted by Crippen LogP contribution is 2.39. The molecule has 1 aromatic carbocycles. The molecule has 0 aromatic heterocycles. The summed E-state index contributed by atoms with van der Waals surface area (Å²) in [5, 5.41) is 8.04. The Morgan fingerprint density at radius 2 is 2.04 bits per heavy atom. The van der Waals surface area contributed by atoms with Crippen LogP contribution in [0.2, 0.25) is 0 Å². The second kappa shape index (κ2) is 6.36. The summed E-state index contributed by atoms with van der Waals surface area (Å²) in [6.45, 7) is 7.07. The van der Waals surface area contributed by atoms with E-state index in [0.717, 1.165) is 5.56 Å². The molecule has 0 bridgehead atoms. The quantitative estimate of drug-likeness (QED) is 0.507. The molecular weight excluding hydrogens is 292 g/mol. The van der Waals surface area contributed by atoms with Crippen molar-refractivity contribution in [3.8, 4) is 5.75 Å². The standard InChI is InChI=1S/C18H22N2O3/c1-9(2)15(16(19)11(4)21)17(20)13-7-5-6-12-10(3)8-14(22)23-18(12)13/h5-7,9-10,19H,8,20H2,1-4H3/b17-15-,19-16?. The van der Waals surface area contributed by atoms with E-state index < -0.39 is 0 Å². The van der Waals surface area contributed by atoms with Gasteiger partial charge in [-0.25, -0.2) is 0 Å². The van der Waals surface area contributed by atoms with E-state index >= 15 is 0 Å². The van der Waals surface area contributed by atoms with Gasteiger partial charge in [-0.15, -0.1) is 0 Å². The summed E-state index contributed by atoms with van der Waals surface area (Å²) >= 11 is 0. The molecule has 0 saturated heterocycles. The Labute approximate surface area is 136 Å². The number of rotatable bonds is 4. The lowest BCUT2D eigenvalue weighted by atomic mass is 9.88. The third-order valence-electron chi connectivity index (χ3n) is 4.04. The lowest BCUT2D eigenvalue weighted by Crippen LogP contribution is -2.23. The third-order valence-corrected chi connectivity index (χ3v) is 4.04. The first kappa shape index (κ1) is 16.9. The van der Waals surface area contributed by atoms with Crippen molar-refractivity contribution in [2.45, 2.75) is 40.0 Å². The predicted molar refractivity (Wildman–Crippen MR) is 89.5 cm³/mol. The molecule has 23 heavy (non-hydrogen) atoms. The number of Topliss-reactive ketones (excluding diaryl/α,β-unsaturated/α-hetero) is 1. The van der Waals surface area contributed by atoms with Gasteiger partial charge in [0.2, 0.25) is 0 Å². The molecule has 5 heteroatoms. The van der Waals surface area contributed by atoms with Gasteiger partial charge in [0.1, 0.15) is 11.5 Å². The number of nitrogens with one attached hydrogen (secondary N) is 1. The SMILES string of the molecule is CC(=O)C(=N)/C(=C(\N)c1cccc2c1OC(=O)CC2C)C(C)C. The van der Waals surface area contributed by atoms with Gasteiger partial charge >= 0.3 is 5.97 Å². The van der Waals surface area contributed by atoms with E-state index in [1.165, 1.54) is 6.92 Å². The lowest BCUT2D eigenvalue weighted by Gasteiger charge is -2.25. The molecule has 2 rings (SSSR count). The van der Waals surface area contributed by atoms with Crippen molar-refractivity contribution in [1.82, 2.24) is 0 Å². The van der Waals surface area contributed by atoms with Gasteiger partial charge in [-0.1, -0.05) is 32.9 Å². The number of benzene rings is 1. The molecule has 1 heterocycles. The van der Waals surface area contributed by atoms with Crippen molar-refractivity contribution in [2.75, 3.05) is 0 Å². The Morgan fingerprint density at radius 1 is 1.39 bits per heavy atom. The van der Waals surface area contributed by atoms with Gasteiger partial charge in [0.15, 0.2) is 5.78 Å². The van der Waals surface area contributed by atoms with Gasteiger partial charge in [-0.05, 0) is 23.5 Å². The largest absolute Gasteiger partial charge is 0.425 e. The Balaban J connectivity index is 2.67. The molecular formula is C18H22N2O3. The van der Waals surface area contributed by atoms with E-state index in [0.29, 0.717) is 29.0 Å². The van der Waals surface area contributed by atoms with Crippen molar-refractivity contribution in [3.05, 3.63) is 34.9 Å². The molecule has 1 atom stereocenters. The highest BCUT2D eigenvalue weighted by molar-refractivity contribution is 6.45. The van der Waals surface area contributed by atoms with Crippen LogP contribution in [0, 0.1) is 11.3 Å². The zero-order chi connectivity index (χ0) is 17.3. The van der Waals surface area contributed by atoms with Crippen LogP contribution in [0.25, 0.3) is 5.70 Å². The van der Waals surface area contributed by atoms with Crippen LogP contribution in [0.3, 0.4) is 0 Å². The average molecular weight is 314 g/mol. The van der Waals surface area contributed by atoms with Crippen LogP contribution < -0.4 is 10.5 Å². The number of carbonyl (C=O) groups excluding carboxylic acids is 2. The summed E-state index contributed by atoms with van der Waals surface area (Å²) in [6.07, 6.45) is 0.334. The number of esters is 1. The average Bonchev–Trinajstić information content (AvgIpc) is 2.45. The number of carbonyl (C=O) groups is 2. The molecule has 0 spiro atoms. The van der Waals surface area contributed by atoms with E-state index in [4.69, 9.17) is 15.9 Å². The lowest BCUT2D eigenvalue weighted by molar-refractivity contribution is -0.135. The molecule has 5 nitrogen and oxygen atoms in total. The third kappa shape index (κ3) is 3.18. The minimum absolute atomic E-state index is 0.0498. The predicted octanol–water partition coefficient (Wildman–Crippen LogP) is 3.03. The van der Waals surface area contributed by atoms with Crippen molar-refractivity contribution < 1.29 is 14.3 Å². The van der Waals surface area contributed by atoms with E-state index in [-0.39, 0.29) is 29.3 Å². The van der Waals surface area contributed by atoms with Gasteiger partial charge in [-0.3, -0.25) is 15.0 Å². The summed E-state index contributed by atoms with van der Waals surface area (Å²) in [5.74, 6) is -0.235. The smallest absolute Gasteiger partial charge is 0.311 e. The fourth-order valence-corrected chi connectivity index (χ4v) is 2.85. The maximum atomic E-state index is 11.8. The van der Waals surface area contributed by atoms with Gasteiger partial charge in [-0.2, -0.15) is 0 Å². The van der Waals surface area contributed by atoms with E-state index in [9.17, 15) is 9.59 Å². The van der Waals surface area contributed by atoms with Crippen LogP contribution >= 0.6 is 0 Å². The number of ketones is 1. The van der Waals surface area contributed by atoms with Gasteiger partial charge < -0.3 is 10.5 Å². The zero-order valence-electron chi connectivity index (χ0n) is 13.9. The number of para-hydroxylation sites is 1. The number of nitrogens with two attached hydrogens (primary N) is 1. The zero-order valence-corrected chi connectivity index (χ0v) is 13.9.